The van der Waals surface area contributed by atoms with Crippen LogP contribution in [-0.4, -0.2) is 22.8 Å². The second-order valence-electron chi connectivity index (χ2n) is 5.84. The third-order valence-electron chi connectivity index (χ3n) is 3.68. The molecule has 0 radical (unpaired) electrons. The van der Waals surface area contributed by atoms with Crippen molar-refractivity contribution in [2.24, 2.45) is 0 Å². The molecule has 3 nitrogen and oxygen atoms in total. The van der Waals surface area contributed by atoms with Crippen molar-refractivity contribution in [3.8, 4) is 0 Å². The van der Waals surface area contributed by atoms with Crippen LogP contribution >= 0.6 is 11.3 Å². The first kappa shape index (κ1) is 17.5. The first-order chi connectivity index (χ1) is 10.6. The van der Waals surface area contributed by atoms with Crippen LogP contribution in [0.25, 0.3) is 0 Å². The number of rotatable bonds is 4. The monoisotopic (exact) mass is 342 g/mol. The molecule has 0 aliphatic rings. The molecular formula is C16H17F3N2OS. The van der Waals surface area contributed by atoms with E-state index in [0.29, 0.717) is 12.1 Å². The van der Waals surface area contributed by atoms with Crippen molar-refractivity contribution in [2.75, 3.05) is 7.05 Å². The Hall–Kier alpha value is -1.89. The van der Waals surface area contributed by atoms with E-state index in [2.05, 4.69) is 4.98 Å². The lowest BCUT2D eigenvalue weighted by Gasteiger charge is -2.30. The van der Waals surface area contributed by atoms with E-state index in [1.54, 1.807) is 32.5 Å². The van der Waals surface area contributed by atoms with Crippen molar-refractivity contribution in [1.82, 2.24) is 9.88 Å². The summed E-state index contributed by atoms with van der Waals surface area (Å²) in [5, 5.41) is 1.83. The Balaban J connectivity index is 2.24. The number of hydrogen-bond acceptors (Lipinski definition) is 3. The first-order valence-corrected chi connectivity index (χ1v) is 7.87. The molecule has 1 aromatic carbocycles. The third-order valence-corrected chi connectivity index (χ3v) is 4.31. The number of alkyl halides is 3. The molecule has 0 unspecified atom stereocenters. The van der Waals surface area contributed by atoms with Crippen molar-refractivity contribution in [1.29, 1.82) is 0 Å². The van der Waals surface area contributed by atoms with Gasteiger partial charge in [0.25, 0.3) is 0 Å². The van der Waals surface area contributed by atoms with E-state index in [1.807, 2.05) is 5.38 Å². The van der Waals surface area contributed by atoms with Gasteiger partial charge in [0, 0.05) is 12.4 Å². The van der Waals surface area contributed by atoms with Crippen molar-refractivity contribution in [3.63, 3.8) is 0 Å². The van der Waals surface area contributed by atoms with Gasteiger partial charge < -0.3 is 4.90 Å². The summed E-state index contributed by atoms with van der Waals surface area (Å²) in [5.41, 5.74) is 0.948. The zero-order chi connectivity index (χ0) is 17.3. The summed E-state index contributed by atoms with van der Waals surface area (Å²) in [4.78, 5) is 18.3. The fourth-order valence-corrected chi connectivity index (χ4v) is 2.86. The molecule has 0 N–H and O–H groups in total. The summed E-state index contributed by atoms with van der Waals surface area (Å²) in [6, 6.07) is 4.91. The van der Waals surface area contributed by atoms with Gasteiger partial charge in [0.05, 0.1) is 28.7 Å². The lowest BCUT2D eigenvalue weighted by molar-refractivity contribution is -0.138. The Bertz CT molecular complexity index is 681. The smallest absolute Gasteiger partial charge is 0.339 e. The molecule has 7 heteroatoms. The molecule has 23 heavy (non-hydrogen) atoms. The molecule has 0 aliphatic heterocycles. The van der Waals surface area contributed by atoms with E-state index < -0.39 is 17.2 Å². The van der Waals surface area contributed by atoms with Gasteiger partial charge in [-0.3, -0.25) is 4.79 Å². The van der Waals surface area contributed by atoms with Crippen LogP contribution in [0.1, 0.15) is 30.7 Å². The highest BCUT2D eigenvalue weighted by Gasteiger charge is 2.36. The highest BCUT2D eigenvalue weighted by molar-refractivity contribution is 7.07. The number of carbonyl (C=O) groups excluding carboxylic acids is 1. The van der Waals surface area contributed by atoms with E-state index in [1.165, 1.54) is 22.3 Å². The van der Waals surface area contributed by atoms with Crippen molar-refractivity contribution >= 4 is 17.2 Å². The number of carbonyl (C=O) groups is 1. The quantitative estimate of drug-likeness (QED) is 0.838. The molecule has 2 aromatic rings. The van der Waals surface area contributed by atoms with Crippen molar-refractivity contribution < 1.29 is 18.0 Å². The lowest BCUT2D eigenvalue weighted by atomic mass is 9.82. The number of thiazole rings is 1. The fraction of sp³-hybridized carbons (Fsp3) is 0.375. The highest BCUT2D eigenvalue weighted by atomic mass is 32.1. The van der Waals surface area contributed by atoms with Crippen LogP contribution in [0.15, 0.2) is 35.2 Å². The Morgan fingerprint density at radius 3 is 2.48 bits per heavy atom. The van der Waals surface area contributed by atoms with Crippen molar-refractivity contribution in [2.45, 2.75) is 32.0 Å². The number of hydrogen-bond donors (Lipinski definition) is 0. The molecule has 124 valence electrons. The largest absolute Gasteiger partial charge is 0.416 e. The minimum Gasteiger partial charge on any atom is -0.339 e. The van der Waals surface area contributed by atoms with Gasteiger partial charge >= 0.3 is 6.18 Å². The molecule has 1 amide bonds. The topological polar surface area (TPSA) is 33.2 Å². The zero-order valence-corrected chi connectivity index (χ0v) is 13.8. The lowest BCUT2D eigenvalue weighted by Crippen LogP contribution is -2.41. The van der Waals surface area contributed by atoms with Crippen molar-refractivity contribution in [3.05, 3.63) is 52.0 Å². The summed E-state index contributed by atoms with van der Waals surface area (Å²) in [6.07, 6.45) is -4.43. The van der Waals surface area contributed by atoms with Crippen LogP contribution in [0, 0.1) is 0 Å². The molecule has 2 rings (SSSR count). The average molecular weight is 342 g/mol. The molecule has 1 heterocycles. The number of amides is 1. The van der Waals surface area contributed by atoms with E-state index in [4.69, 9.17) is 0 Å². The maximum absolute atomic E-state index is 12.9. The van der Waals surface area contributed by atoms with Gasteiger partial charge in [-0.05, 0) is 25.5 Å². The SMILES string of the molecule is CN(Cc1cscn1)C(=O)C(C)(C)c1cccc(C(F)(F)F)c1. The number of aromatic nitrogens is 1. The van der Waals surface area contributed by atoms with Crippen LogP contribution in [0.5, 0.6) is 0 Å². The second-order valence-corrected chi connectivity index (χ2v) is 6.56. The van der Waals surface area contributed by atoms with Gasteiger partial charge in [0.2, 0.25) is 5.91 Å². The van der Waals surface area contributed by atoms with Gasteiger partial charge in [-0.15, -0.1) is 11.3 Å². The summed E-state index contributed by atoms with van der Waals surface area (Å²) < 4.78 is 38.6. The minimum atomic E-state index is -4.43. The van der Waals surface area contributed by atoms with Gasteiger partial charge in [-0.25, -0.2) is 4.98 Å². The van der Waals surface area contributed by atoms with Gasteiger partial charge in [0.1, 0.15) is 0 Å². The van der Waals surface area contributed by atoms with E-state index in [0.717, 1.165) is 17.8 Å². The van der Waals surface area contributed by atoms with E-state index >= 15 is 0 Å². The fourth-order valence-electron chi connectivity index (χ4n) is 2.32. The highest BCUT2D eigenvalue weighted by Crippen LogP contribution is 2.33. The maximum Gasteiger partial charge on any atom is 0.416 e. The molecule has 0 spiro atoms. The van der Waals surface area contributed by atoms with Crippen LogP contribution in [0.2, 0.25) is 0 Å². The summed E-state index contributed by atoms with van der Waals surface area (Å²) in [6.45, 7) is 3.58. The zero-order valence-electron chi connectivity index (χ0n) is 13.0. The molecule has 0 aliphatic carbocycles. The second kappa shape index (κ2) is 6.31. The molecule has 0 atom stereocenters. The summed E-state index contributed by atoms with van der Waals surface area (Å²) >= 11 is 1.43. The number of nitrogens with zero attached hydrogens (tertiary/aromatic N) is 2. The minimum absolute atomic E-state index is 0.259. The normalized spacial score (nSPS) is 12.3. The Morgan fingerprint density at radius 1 is 1.26 bits per heavy atom. The standard InChI is InChI=1S/C16H17F3N2OS/c1-15(2,11-5-4-6-12(7-11)16(17,18)19)14(22)21(3)8-13-9-23-10-20-13/h4-7,9-10H,8H2,1-3H3. The number of halogens is 3. The molecular weight excluding hydrogens is 325 g/mol. The molecule has 0 saturated heterocycles. The predicted octanol–water partition coefficient (Wildman–Crippen LogP) is 4.10. The molecule has 0 bridgehead atoms. The Kier molecular flexibility index (Phi) is 4.79. The Labute approximate surface area is 136 Å². The molecule has 0 saturated carbocycles. The van der Waals surface area contributed by atoms with Gasteiger partial charge in [-0.1, -0.05) is 18.2 Å². The Morgan fingerprint density at radius 2 is 1.91 bits per heavy atom. The van der Waals surface area contributed by atoms with E-state index in [-0.39, 0.29) is 5.91 Å². The predicted molar refractivity (Wildman–Crippen MR) is 83.1 cm³/mol. The van der Waals surface area contributed by atoms with Crippen LogP contribution in [0.3, 0.4) is 0 Å². The first-order valence-electron chi connectivity index (χ1n) is 6.92. The summed E-state index contributed by atoms with van der Waals surface area (Å²) in [7, 11) is 1.62. The summed E-state index contributed by atoms with van der Waals surface area (Å²) in [5.74, 6) is -0.259. The molecule has 0 fully saturated rings. The van der Waals surface area contributed by atoms with Crippen LogP contribution < -0.4 is 0 Å². The third kappa shape index (κ3) is 3.90. The van der Waals surface area contributed by atoms with Gasteiger partial charge in [-0.2, -0.15) is 13.2 Å². The van der Waals surface area contributed by atoms with Gasteiger partial charge in [0.15, 0.2) is 0 Å². The van der Waals surface area contributed by atoms with Crippen LogP contribution in [-0.2, 0) is 22.9 Å². The maximum atomic E-state index is 12.9. The average Bonchev–Trinajstić information content (AvgIpc) is 2.98. The van der Waals surface area contributed by atoms with E-state index in [9.17, 15) is 18.0 Å². The number of likely N-dealkylation sites (N-methyl/N-ethyl adjacent to an activating group) is 1. The van der Waals surface area contributed by atoms with Crippen LogP contribution in [0.4, 0.5) is 13.2 Å². The number of benzene rings is 1. The molecule has 1 aromatic heterocycles.